The Hall–Kier alpha value is -5.55. The minimum absolute atomic E-state index is 0.596. The van der Waals surface area contributed by atoms with E-state index in [-0.39, 0.29) is 0 Å². The molecule has 8 rings (SSSR count). The first-order valence-corrected chi connectivity index (χ1v) is 13.2. The fourth-order valence-corrected chi connectivity index (χ4v) is 5.56. The molecule has 0 bridgehead atoms. The maximum Gasteiger partial charge on any atom is 0.227 e. The summed E-state index contributed by atoms with van der Waals surface area (Å²) in [6.45, 7) is 0. The molecule has 0 saturated carbocycles. The van der Waals surface area contributed by atoms with E-state index in [1.54, 1.807) is 0 Å². The first-order chi connectivity index (χ1) is 19.8. The molecule has 0 aliphatic carbocycles. The van der Waals surface area contributed by atoms with Gasteiger partial charge in [-0.05, 0) is 66.2 Å². The fraction of sp³-hybridized carbons (Fsp3) is 0. The number of benzene rings is 4. The van der Waals surface area contributed by atoms with Crippen LogP contribution in [0.25, 0.3) is 56.1 Å². The van der Waals surface area contributed by atoms with Crippen LogP contribution in [0.5, 0.6) is 0 Å². The number of rotatable bonds is 3. The molecule has 1 aliphatic heterocycles. The number of hydrogen-bond acceptors (Lipinski definition) is 5. The molecule has 0 N–H and O–H groups in total. The Labute approximate surface area is 231 Å². The summed E-state index contributed by atoms with van der Waals surface area (Å²) < 4.78 is 6.19. The van der Waals surface area contributed by atoms with Gasteiger partial charge in [0, 0.05) is 52.1 Å². The predicted octanol–water partition coefficient (Wildman–Crippen LogP) is 9.07. The van der Waals surface area contributed by atoms with Crippen LogP contribution in [0.2, 0.25) is 0 Å². The van der Waals surface area contributed by atoms with Crippen molar-refractivity contribution in [3.8, 4) is 45.0 Å². The first-order valence-electron chi connectivity index (χ1n) is 13.2. The van der Waals surface area contributed by atoms with Crippen LogP contribution >= 0.6 is 0 Å². The minimum atomic E-state index is 0.596. The van der Waals surface area contributed by atoms with Gasteiger partial charge < -0.3 is 9.32 Å². The molecule has 188 valence electrons. The van der Waals surface area contributed by atoms with E-state index >= 15 is 0 Å². The van der Waals surface area contributed by atoms with Gasteiger partial charge in [-0.25, -0.2) is 4.98 Å². The van der Waals surface area contributed by atoms with Crippen molar-refractivity contribution in [2.24, 2.45) is 0 Å². The summed E-state index contributed by atoms with van der Waals surface area (Å²) >= 11 is 0. The van der Waals surface area contributed by atoms with Crippen LogP contribution in [0.4, 0.5) is 17.1 Å². The number of hydrogen-bond donors (Lipinski definition) is 0. The first kappa shape index (κ1) is 22.4. The molecule has 1 aliphatic rings. The van der Waals surface area contributed by atoms with Gasteiger partial charge in [0.1, 0.15) is 5.52 Å². The quantitative estimate of drug-likeness (QED) is 0.235. The molecule has 4 aromatic carbocycles. The Kier molecular flexibility index (Phi) is 5.07. The topological polar surface area (TPSA) is 55.1 Å². The Balaban J connectivity index is 1.40. The van der Waals surface area contributed by atoms with Crippen molar-refractivity contribution in [1.29, 1.82) is 0 Å². The lowest BCUT2D eigenvalue weighted by molar-refractivity contribution is 0.620. The van der Waals surface area contributed by atoms with E-state index in [9.17, 15) is 0 Å². The monoisotopic (exact) mass is 514 g/mol. The van der Waals surface area contributed by atoms with Gasteiger partial charge in [0.2, 0.25) is 5.89 Å². The zero-order chi connectivity index (χ0) is 26.5. The Bertz CT molecular complexity index is 2000. The smallest absolute Gasteiger partial charge is 0.227 e. The van der Waals surface area contributed by atoms with Crippen LogP contribution in [0.15, 0.2) is 138 Å². The highest BCUT2D eigenvalue weighted by molar-refractivity contribution is 6.03. The van der Waals surface area contributed by atoms with Gasteiger partial charge >= 0.3 is 0 Å². The summed E-state index contributed by atoms with van der Waals surface area (Å²) in [5.74, 6) is 0.596. The van der Waals surface area contributed by atoms with Crippen LogP contribution in [0.1, 0.15) is 0 Å². The van der Waals surface area contributed by atoms with Gasteiger partial charge in [0.25, 0.3) is 0 Å². The van der Waals surface area contributed by atoms with Crippen LogP contribution in [-0.4, -0.2) is 15.0 Å². The van der Waals surface area contributed by atoms with Crippen molar-refractivity contribution >= 4 is 28.2 Å². The molecule has 0 saturated heterocycles. The van der Waals surface area contributed by atoms with Crippen molar-refractivity contribution in [2.45, 2.75) is 0 Å². The summed E-state index contributed by atoms with van der Waals surface area (Å²) in [6, 6.07) is 39.4. The molecular weight excluding hydrogens is 492 g/mol. The molecule has 0 unspecified atom stereocenters. The van der Waals surface area contributed by atoms with Gasteiger partial charge in [-0.1, -0.05) is 54.6 Å². The van der Waals surface area contributed by atoms with Crippen molar-refractivity contribution in [3.05, 3.63) is 134 Å². The van der Waals surface area contributed by atoms with E-state index in [0.717, 1.165) is 67.2 Å². The summed E-state index contributed by atoms with van der Waals surface area (Å²) in [5.41, 5.74) is 12.1. The summed E-state index contributed by atoms with van der Waals surface area (Å²) in [4.78, 5) is 16.2. The highest BCUT2D eigenvalue weighted by Crippen LogP contribution is 2.51. The zero-order valence-corrected chi connectivity index (χ0v) is 21.4. The van der Waals surface area contributed by atoms with Gasteiger partial charge in [-0.15, -0.1) is 0 Å². The number of aromatic nitrogens is 3. The maximum absolute atomic E-state index is 6.19. The Morgan fingerprint density at radius 1 is 0.575 bits per heavy atom. The molecule has 7 aromatic rings. The lowest BCUT2D eigenvalue weighted by Crippen LogP contribution is -2.11. The third-order valence-electron chi connectivity index (χ3n) is 7.39. The summed E-state index contributed by atoms with van der Waals surface area (Å²) in [6.07, 6.45) is 5.65. The molecule has 4 heterocycles. The average molecular weight is 515 g/mol. The van der Waals surface area contributed by atoms with Gasteiger partial charge in [-0.2, -0.15) is 0 Å². The van der Waals surface area contributed by atoms with Crippen molar-refractivity contribution in [3.63, 3.8) is 0 Å². The van der Waals surface area contributed by atoms with Gasteiger partial charge in [-0.3, -0.25) is 9.97 Å². The number of fused-ring (bicyclic) bond motifs is 6. The number of oxazole rings is 1. The normalized spacial score (nSPS) is 11.9. The lowest BCUT2D eigenvalue weighted by atomic mass is 9.96. The van der Waals surface area contributed by atoms with Gasteiger partial charge in [0.15, 0.2) is 5.58 Å². The minimum Gasteiger partial charge on any atom is -0.436 e. The zero-order valence-electron chi connectivity index (χ0n) is 21.4. The van der Waals surface area contributed by atoms with Crippen molar-refractivity contribution in [2.75, 3.05) is 4.90 Å². The maximum atomic E-state index is 6.19. The van der Waals surface area contributed by atoms with E-state index in [2.05, 4.69) is 87.7 Å². The van der Waals surface area contributed by atoms with Crippen LogP contribution in [-0.2, 0) is 0 Å². The van der Waals surface area contributed by atoms with E-state index in [0.29, 0.717) is 5.89 Å². The van der Waals surface area contributed by atoms with Crippen molar-refractivity contribution < 1.29 is 4.42 Å². The van der Waals surface area contributed by atoms with E-state index in [4.69, 9.17) is 9.40 Å². The third kappa shape index (κ3) is 3.60. The second-order valence-electron chi connectivity index (χ2n) is 9.76. The molecule has 5 nitrogen and oxygen atoms in total. The molecule has 0 spiro atoms. The van der Waals surface area contributed by atoms with Gasteiger partial charge in [0.05, 0.1) is 17.1 Å². The van der Waals surface area contributed by atoms with E-state index in [1.807, 2.05) is 61.1 Å². The van der Waals surface area contributed by atoms with E-state index < -0.39 is 0 Å². The molecule has 0 amide bonds. The molecule has 40 heavy (non-hydrogen) atoms. The number of anilines is 3. The number of pyridine rings is 2. The lowest BCUT2D eigenvalue weighted by Gasteiger charge is -2.28. The summed E-state index contributed by atoms with van der Waals surface area (Å²) in [7, 11) is 0. The second kappa shape index (κ2) is 9.03. The fourth-order valence-electron chi connectivity index (χ4n) is 5.56. The molecule has 5 heteroatoms. The largest absolute Gasteiger partial charge is 0.436 e. The standard InChI is InChI=1S/C35H22N4O/c1-3-13-32-27(10-1)29-22-36-19-17-26(29)28-16-15-24(35-38-31-12-2-4-14-34(31)40-35)21-33(28)39(32)25-9-7-8-23(20-25)30-11-5-6-18-37-30/h1-22H. The van der Waals surface area contributed by atoms with Crippen LogP contribution in [0, 0.1) is 0 Å². The molecule has 0 fully saturated rings. The Morgan fingerprint density at radius 3 is 2.38 bits per heavy atom. The SMILES string of the molecule is c1ccc(-c2cccc(N3c4ccccc4-c4cnccc4-c4ccc(-c5nc6ccccc6o5)cc43)c2)nc1. The highest BCUT2D eigenvalue weighted by atomic mass is 16.3. The Morgan fingerprint density at radius 2 is 1.45 bits per heavy atom. The molecule has 0 radical (unpaired) electrons. The second-order valence-corrected chi connectivity index (χ2v) is 9.76. The number of para-hydroxylation sites is 3. The molecule has 3 aromatic heterocycles. The van der Waals surface area contributed by atoms with Crippen molar-refractivity contribution in [1.82, 2.24) is 15.0 Å². The molecular formula is C35H22N4O. The summed E-state index contributed by atoms with van der Waals surface area (Å²) in [5, 5.41) is 0. The van der Waals surface area contributed by atoms with E-state index in [1.165, 1.54) is 0 Å². The van der Waals surface area contributed by atoms with Crippen LogP contribution < -0.4 is 4.90 Å². The average Bonchev–Trinajstić information content (AvgIpc) is 3.42. The van der Waals surface area contributed by atoms with Crippen LogP contribution in [0.3, 0.4) is 0 Å². The highest BCUT2D eigenvalue weighted by Gasteiger charge is 2.27. The molecule has 0 atom stereocenters. The predicted molar refractivity (Wildman–Crippen MR) is 160 cm³/mol. The number of nitrogens with zero attached hydrogens (tertiary/aromatic N) is 4. The third-order valence-corrected chi connectivity index (χ3v) is 7.39.